The molecule has 0 spiro atoms. The first kappa shape index (κ1) is 16.3. The van der Waals surface area contributed by atoms with E-state index >= 15 is 0 Å². The van der Waals surface area contributed by atoms with Crippen LogP contribution in [0, 0.1) is 12.8 Å². The molecule has 118 valence electrons. The molecule has 0 saturated carbocycles. The highest BCUT2D eigenvalue weighted by Gasteiger charge is 2.49. The van der Waals surface area contributed by atoms with Gasteiger partial charge in [0.05, 0.1) is 17.1 Å². The molecule has 1 N–H and O–H groups in total. The largest absolute Gasteiger partial charge is 0.494 e. The molecule has 1 heterocycles. The van der Waals surface area contributed by atoms with Gasteiger partial charge in [0.15, 0.2) is 0 Å². The maximum Gasteiger partial charge on any atom is 0.243 e. The van der Waals surface area contributed by atoms with Crippen molar-refractivity contribution in [2.45, 2.75) is 38.2 Å². The van der Waals surface area contributed by atoms with Gasteiger partial charge in [-0.2, -0.15) is 4.31 Å². The Hall–Kier alpha value is -1.11. The Kier molecular flexibility index (Phi) is 4.33. The summed E-state index contributed by atoms with van der Waals surface area (Å²) in [6.07, 6.45) is 0. The molecule has 0 aromatic heterocycles. The lowest BCUT2D eigenvalue weighted by Crippen LogP contribution is -2.65. The van der Waals surface area contributed by atoms with E-state index in [1.807, 2.05) is 27.7 Å². The van der Waals surface area contributed by atoms with E-state index in [2.05, 4.69) is 0 Å². The van der Waals surface area contributed by atoms with Crippen molar-refractivity contribution in [3.63, 3.8) is 0 Å². The molecule has 0 aliphatic carbocycles. The van der Waals surface area contributed by atoms with Crippen LogP contribution in [0.4, 0.5) is 0 Å². The van der Waals surface area contributed by atoms with Gasteiger partial charge in [0.25, 0.3) is 0 Å². The monoisotopic (exact) mass is 313 g/mol. The second-order valence-electron chi connectivity index (χ2n) is 5.89. The van der Waals surface area contributed by atoms with Crippen molar-refractivity contribution in [1.82, 2.24) is 4.31 Å². The van der Waals surface area contributed by atoms with Gasteiger partial charge in [-0.05, 0) is 43.5 Å². The standard InChI is InChI=1S/C15H23NO4S/c1-5-20-14-7-6-13(8-12(14)4)21(18,19)16-9-15(17,10-16)11(2)3/h6-8,11,17H,5,9-10H2,1-4H3. The molecule has 5 nitrogen and oxygen atoms in total. The summed E-state index contributed by atoms with van der Waals surface area (Å²) in [5.41, 5.74) is -0.120. The summed E-state index contributed by atoms with van der Waals surface area (Å²) in [5.74, 6) is 0.727. The smallest absolute Gasteiger partial charge is 0.243 e. The third-order valence-electron chi connectivity index (χ3n) is 4.06. The molecule has 0 atom stereocenters. The average Bonchev–Trinajstić information content (AvgIpc) is 2.37. The molecule has 1 aromatic rings. The van der Waals surface area contributed by atoms with Crippen LogP contribution < -0.4 is 4.74 Å². The molecule has 21 heavy (non-hydrogen) atoms. The maximum absolute atomic E-state index is 12.5. The summed E-state index contributed by atoms with van der Waals surface area (Å²) >= 11 is 0. The van der Waals surface area contributed by atoms with E-state index in [0.29, 0.717) is 12.4 Å². The Morgan fingerprint density at radius 3 is 2.48 bits per heavy atom. The van der Waals surface area contributed by atoms with E-state index in [1.165, 1.54) is 4.31 Å². The quantitative estimate of drug-likeness (QED) is 0.900. The normalized spacial score (nSPS) is 18.6. The number of nitrogens with zero attached hydrogens (tertiary/aromatic N) is 1. The van der Waals surface area contributed by atoms with E-state index in [0.717, 1.165) is 5.56 Å². The zero-order valence-electron chi connectivity index (χ0n) is 13.0. The van der Waals surface area contributed by atoms with Gasteiger partial charge in [-0.1, -0.05) is 13.8 Å². The van der Waals surface area contributed by atoms with Crippen molar-refractivity contribution in [2.24, 2.45) is 5.92 Å². The minimum atomic E-state index is -3.54. The predicted octanol–water partition coefficient (Wildman–Crippen LogP) is 1.79. The molecule has 2 rings (SSSR count). The third-order valence-corrected chi connectivity index (χ3v) is 5.85. The zero-order chi connectivity index (χ0) is 15.8. The maximum atomic E-state index is 12.5. The lowest BCUT2D eigenvalue weighted by Gasteiger charge is -2.47. The first-order chi connectivity index (χ1) is 9.70. The molecule has 0 bridgehead atoms. The van der Waals surface area contributed by atoms with Crippen LogP contribution >= 0.6 is 0 Å². The predicted molar refractivity (Wildman–Crippen MR) is 80.9 cm³/mol. The minimum absolute atomic E-state index is 0.0333. The fraction of sp³-hybridized carbons (Fsp3) is 0.600. The molecule has 0 radical (unpaired) electrons. The van der Waals surface area contributed by atoms with Crippen LogP contribution in [0.25, 0.3) is 0 Å². The van der Waals surface area contributed by atoms with Crippen molar-refractivity contribution in [1.29, 1.82) is 0 Å². The third kappa shape index (κ3) is 2.93. The van der Waals surface area contributed by atoms with Crippen LogP contribution in [0.5, 0.6) is 5.75 Å². The highest BCUT2D eigenvalue weighted by atomic mass is 32.2. The molecule has 1 saturated heterocycles. The molecular formula is C15H23NO4S. The van der Waals surface area contributed by atoms with Gasteiger partial charge < -0.3 is 9.84 Å². The molecule has 1 aliphatic heterocycles. The summed E-state index contributed by atoms with van der Waals surface area (Å²) in [4.78, 5) is 0.245. The lowest BCUT2D eigenvalue weighted by atomic mass is 9.85. The number of β-amino-alcohol motifs (C(OH)–C–C–N with tert-alkyl or cyclic N) is 1. The number of aryl methyl sites for hydroxylation is 1. The summed E-state index contributed by atoms with van der Waals surface area (Å²) in [7, 11) is -3.54. The molecule has 0 unspecified atom stereocenters. The zero-order valence-corrected chi connectivity index (χ0v) is 13.8. The van der Waals surface area contributed by atoms with Gasteiger partial charge in [0.2, 0.25) is 10.0 Å². The Balaban J connectivity index is 2.20. The van der Waals surface area contributed by atoms with Crippen molar-refractivity contribution in [3.8, 4) is 5.75 Å². The van der Waals surface area contributed by atoms with Crippen molar-refractivity contribution < 1.29 is 18.3 Å². The number of rotatable bonds is 5. The number of ether oxygens (including phenoxy) is 1. The fourth-order valence-corrected chi connectivity index (χ4v) is 4.00. The lowest BCUT2D eigenvalue weighted by molar-refractivity contribution is -0.0932. The number of sulfonamides is 1. The summed E-state index contributed by atoms with van der Waals surface area (Å²) in [5, 5.41) is 10.2. The van der Waals surface area contributed by atoms with Crippen LogP contribution in [0.1, 0.15) is 26.3 Å². The van der Waals surface area contributed by atoms with Crippen LogP contribution in [-0.4, -0.2) is 43.1 Å². The van der Waals surface area contributed by atoms with E-state index in [9.17, 15) is 13.5 Å². The Labute approximate surface area is 126 Å². The van der Waals surface area contributed by atoms with E-state index in [1.54, 1.807) is 18.2 Å². The van der Waals surface area contributed by atoms with Crippen LogP contribution in [0.3, 0.4) is 0 Å². The first-order valence-electron chi connectivity index (χ1n) is 7.16. The Morgan fingerprint density at radius 1 is 1.38 bits per heavy atom. The number of benzene rings is 1. The minimum Gasteiger partial charge on any atom is -0.494 e. The van der Waals surface area contributed by atoms with Crippen molar-refractivity contribution in [3.05, 3.63) is 23.8 Å². The SMILES string of the molecule is CCOc1ccc(S(=O)(=O)N2CC(O)(C(C)C)C2)cc1C. The number of hydrogen-bond acceptors (Lipinski definition) is 4. The summed E-state index contributed by atoms with van der Waals surface area (Å²) in [6, 6.07) is 4.85. The highest BCUT2D eigenvalue weighted by Crippen LogP contribution is 2.34. The van der Waals surface area contributed by atoms with Crippen LogP contribution in [-0.2, 0) is 10.0 Å². The van der Waals surface area contributed by atoms with Gasteiger partial charge >= 0.3 is 0 Å². The fourth-order valence-electron chi connectivity index (χ4n) is 2.35. The Bertz CT molecular complexity index is 619. The van der Waals surface area contributed by atoms with Gasteiger partial charge in [-0.3, -0.25) is 0 Å². The first-order valence-corrected chi connectivity index (χ1v) is 8.60. The van der Waals surface area contributed by atoms with E-state index < -0.39 is 15.6 Å². The number of hydrogen-bond donors (Lipinski definition) is 1. The topological polar surface area (TPSA) is 66.8 Å². The van der Waals surface area contributed by atoms with Gasteiger partial charge in [0, 0.05) is 13.1 Å². The van der Waals surface area contributed by atoms with E-state index in [-0.39, 0.29) is 23.9 Å². The summed E-state index contributed by atoms with van der Waals surface area (Å²) in [6.45, 7) is 8.34. The molecule has 0 amide bonds. The second-order valence-corrected chi connectivity index (χ2v) is 7.83. The average molecular weight is 313 g/mol. The van der Waals surface area contributed by atoms with Crippen LogP contribution in [0.15, 0.2) is 23.1 Å². The molecule has 1 fully saturated rings. The molecular weight excluding hydrogens is 290 g/mol. The van der Waals surface area contributed by atoms with Crippen molar-refractivity contribution in [2.75, 3.05) is 19.7 Å². The second kappa shape index (κ2) is 5.59. The van der Waals surface area contributed by atoms with Gasteiger partial charge in [-0.25, -0.2) is 8.42 Å². The molecule has 1 aromatic carbocycles. The summed E-state index contributed by atoms with van der Waals surface area (Å²) < 4.78 is 31.8. The van der Waals surface area contributed by atoms with E-state index in [4.69, 9.17) is 4.74 Å². The van der Waals surface area contributed by atoms with Gasteiger partial charge in [-0.15, -0.1) is 0 Å². The molecule has 1 aliphatic rings. The highest BCUT2D eigenvalue weighted by molar-refractivity contribution is 7.89. The molecule has 6 heteroatoms. The van der Waals surface area contributed by atoms with Gasteiger partial charge in [0.1, 0.15) is 5.75 Å². The number of aliphatic hydroxyl groups is 1. The van der Waals surface area contributed by atoms with Crippen LogP contribution in [0.2, 0.25) is 0 Å². The Morgan fingerprint density at radius 2 is 2.00 bits per heavy atom. The van der Waals surface area contributed by atoms with Crippen molar-refractivity contribution >= 4 is 10.0 Å².